The standard InChI is InChI=1S/C12H15NO2/c1-13-12(15)11-4-2-3-8-7-9(14)5-6-10(8)11/h4,6,8H,2-3,5,7H2,1H3,(H,13,15). The lowest BCUT2D eigenvalue weighted by Crippen LogP contribution is -2.28. The van der Waals surface area contributed by atoms with Crippen molar-refractivity contribution in [2.24, 2.45) is 5.92 Å². The second-order valence-electron chi connectivity index (χ2n) is 4.08. The zero-order valence-corrected chi connectivity index (χ0v) is 8.88. The van der Waals surface area contributed by atoms with Gasteiger partial charge in [0.1, 0.15) is 5.78 Å². The Balaban J connectivity index is 2.29. The molecule has 0 aromatic rings. The van der Waals surface area contributed by atoms with E-state index in [1.807, 2.05) is 12.2 Å². The molecule has 15 heavy (non-hydrogen) atoms. The van der Waals surface area contributed by atoms with E-state index in [4.69, 9.17) is 0 Å². The van der Waals surface area contributed by atoms with Gasteiger partial charge < -0.3 is 5.32 Å². The van der Waals surface area contributed by atoms with Crippen LogP contribution < -0.4 is 5.32 Å². The Morgan fingerprint density at radius 3 is 3.00 bits per heavy atom. The molecule has 3 heteroatoms. The third-order valence-corrected chi connectivity index (χ3v) is 3.11. The SMILES string of the molecule is CNC(=O)C1=CCCC2CC(=O)CC=C12. The number of hydrogen-bond donors (Lipinski definition) is 1. The van der Waals surface area contributed by atoms with Gasteiger partial charge in [-0.1, -0.05) is 12.2 Å². The van der Waals surface area contributed by atoms with E-state index in [1.165, 1.54) is 0 Å². The lowest BCUT2D eigenvalue weighted by Gasteiger charge is -2.28. The molecule has 0 radical (unpaired) electrons. The quantitative estimate of drug-likeness (QED) is 0.702. The van der Waals surface area contributed by atoms with Gasteiger partial charge in [-0.05, 0) is 24.3 Å². The van der Waals surface area contributed by atoms with Crippen LogP contribution in [0.15, 0.2) is 23.3 Å². The summed E-state index contributed by atoms with van der Waals surface area (Å²) in [5, 5.41) is 2.65. The number of likely N-dealkylation sites (N-methyl/N-ethyl adjacent to an activating group) is 1. The van der Waals surface area contributed by atoms with Gasteiger partial charge >= 0.3 is 0 Å². The Morgan fingerprint density at radius 2 is 2.27 bits per heavy atom. The first-order chi connectivity index (χ1) is 7.22. The first kappa shape index (κ1) is 10.1. The highest BCUT2D eigenvalue weighted by molar-refractivity contribution is 5.99. The van der Waals surface area contributed by atoms with E-state index in [2.05, 4.69) is 5.32 Å². The minimum absolute atomic E-state index is 0.0275. The van der Waals surface area contributed by atoms with Crippen molar-refractivity contribution in [1.82, 2.24) is 5.32 Å². The molecule has 0 spiro atoms. The van der Waals surface area contributed by atoms with Gasteiger partial charge in [-0.25, -0.2) is 0 Å². The van der Waals surface area contributed by atoms with Crippen molar-refractivity contribution in [2.75, 3.05) is 7.05 Å². The molecule has 0 aromatic carbocycles. The molecule has 0 aromatic heterocycles. The lowest BCUT2D eigenvalue weighted by molar-refractivity contribution is -0.120. The fourth-order valence-electron chi connectivity index (χ4n) is 2.35. The summed E-state index contributed by atoms with van der Waals surface area (Å²) >= 11 is 0. The molecule has 0 saturated heterocycles. The zero-order chi connectivity index (χ0) is 10.8. The first-order valence-electron chi connectivity index (χ1n) is 5.36. The van der Waals surface area contributed by atoms with Gasteiger partial charge in [-0.3, -0.25) is 9.59 Å². The zero-order valence-electron chi connectivity index (χ0n) is 8.88. The Morgan fingerprint density at radius 1 is 1.47 bits per heavy atom. The number of allylic oxidation sites excluding steroid dienone is 2. The van der Waals surface area contributed by atoms with Gasteiger partial charge in [-0.15, -0.1) is 0 Å². The highest BCUT2D eigenvalue weighted by Crippen LogP contribution is 2.35. The maximum atomic E-state index is 11.6. The van der Waals surface area contributed by atoms with E-state index in [9.17, 15) is 9.59 Å². The summed E-state index contributed by atoms with van der Waals surface area (Å²) in [4.78, 5) is 22.9. The number of nitrogens with one attached hydrogen (secondary N) is 1. The number of carbonyl (C=O) groups is 2. The number of fused-ring (bicyclic) bond motifs is 1. The third-order valence-electron chi connectivity index (χ3n) is 3.11. The van der Waals surface area contributed by atoms with Crippen molar-refractivity contribution in [3.8, 4) is 0 Å². The Kier molecular flexibility index (Phi) is 2.71. The molecule has 0 fully saturated rings. The van der Waals surface area contributed by atoms with Crippen LogP contribution >= 0.6 is 0 Å². The van der Waals surface area contributed by atoms with Gasteiger partial charge in [0.25, 0.3) is 5.91 Å². The van der Waals surface area contributed by atoms with Crippen molar-refractivity contribution >= 4 is 11.7 Å². The minimum atomic E-state index is -0.0275. The molecule has 2 aliphatic rings. The molecule has 0 bridgehead atoms. The first-order valence-corrected chi connectivity index (χ1v) is 5.36. The van der Waals surface area contributed by atoms with E-state index in [0.29, 0.717) is 18.6 Å². The van der Waals surface area contributed by atoms with E-state index < -0.39 is 0 Å². The third kappa shape index (κ3) is 1.87. The van der Waals surface area contributed by atoms with Gasteiger partial charge in [0.15, 0.2) is 0 Å². The summed E-state index contributed by atoms with van der Waals surface area (Å²) < 4.78 is 0. The van der Waals surface area contributed by atoms with Crippen LogP contribution in [0.5, 0.6) is 0 Å². The smallest absolute Gasteiger partial charge is 0.250 e. The van der Waals surface area contributed by atoms with Crippen molar-refractivity contribution in [2.45, 2.75) is 25.7 Å². The normalized spacial score (nSPS) is 25.1. The minimum Gasteiger partial charge on any atom is -0.355 e. The van der Waals surface area contributed by atoms with Gasteiger partial charge in [0.05, 0.1) is 0 Å². The average molecular weight is 205 g/mol. The largest absolute Gasteiger partial charge is 0.355 e. The molecule has 1 atom stereocenters. The van der Waals surface area contributed by atoms with E-state index in [1.54, 1.807) is 7.05 Å². The maximum absolute atomic E-state index is 11.6. The molecule has 3 nitrogen and oxygen atoms in total. The van der Waals surface area contributed by atoms with Crippen LogP contribution in [-0.2, 0) is 9.59 Å². The summed E-state index contributed by atoms with van der Waals surface area (Å²) in [6.45, 7) is 0. The molecule has 1 amide bonds. The summed E-state index contributed by atoms with van der Waals surface area (Å²) in [5.41, 5.74) is 1.86. The van der Waals surface area contributed by atoms with Crippen LogP contribution in [0.25, 0.3) is 0 Å². The molecule has 2 rings (SSSR count). The monoisotopic (exact) mass is 205 g/mol. The van der Waals surface area contributed by atoms with E-state index >= 15 is 0 Å². The van der Waals surface area contributed by atoms with Crippen LogP contribution in [0.2, 0.25) is 0 Å². The molecular formula is C12H15NO2. The van der Waals surface area contributed by atoms with E-state index in [0.717, 1.165) is 24.0 Å². The molecule has 1 N–H and O–H groups in total. The Labute approximate surface area is 89.2 Å². The van der Waals surface area contributed by atoms with Crippen LogP contribution in [0.1, 0.15) is 25.7 Å². The topological polar surface area (TPSA) is 46.2 Å². The fourth-order valence-corrected chi connectivity index (χ4v) is 2.35. The highest BCUT2D eigenvalue weighted by Gasteiger charge is 2.29. The second-order valence-corrected chi connectivity index (χ2v) is 4.08. The number of ketones is 1. The lowest BCUT2D eigenvalue weighted by atomic mass is 9.76. The Bertz CT molecular complexity index is 366. The average Bonchev–Trinajstić information content (AvgIpc) is 2.26. The highest BCUT2D eigenvalue weighted by atomic mass is 16.1. The van der Waals surface area contributed by atoms with Gasteiger partial charge in [0.2, 0.25) is 0 Å². The second kappa shape index (κ2) is 4.01. The number of amides is 1. The molecule has 80 valence electrons. The van der Waals surface area contributed by atoms with Crippen molar-refractivity contribution in [1.29, 1.82) is 0 Å². The summed E-state index contributed by atoms with van der Waals surface area (Å²) in [6, 6.07) is 0. The summed E-state index contributed by atoms with van der Waals surface area (Å²) in [7, 11) is 1.64. The summed E-state index contributed by atoms with van der Waals surface area (Å²) in [6.07, 6.45) is 6.91. The van der Waals surface area contributed by atoms with Crippen LogP contribution in [0.3, 0.4) is 0 Å². The van der Waals surface area contributed by atoms with Gasteiger partial charge in [-0.2, -0.15) is 0 Å². The Hall–Kier alpha value is -1.38. The predicted molar refractivity (Wildman–Crippen MR) is 57.2 cm³/mol. The maximum Gasteiger partial charge on any atom is 0.250 e. The molecule has 0 saturated carbocycles. The summed E-state index contributed by atoms with van der Waals surface area (Å²) in [5.74, 6) is 0.547. The van der Waals surface area contributed by atoms with Gasteiger partial charge in [0, 0.05) is 25.5 Å². The molecule has 2 aliphatic carbocycles. The fraction of sp³-hybridized carbons (Fsp3) is 0.500. The molecule has 0 aliphatic heterocycles. The van der Waals surface area contributed by atoms with Crippen LogP contribution in [-0.4, -0.2) is 18.7 Å². The molecule has 0 heterocycles. The number of hydrogen-bond acceptors (Lipinski definition) is 2. The van der Waals surface area contributed by atoms with Crippen molar-refractivity contribution in [3.05, 3.63) is 23.3 Å². The molecule has 1 unspecified atom stereocenters. The molecular weight excluding hydrogens is 190 g/mol. The van der Waals surface area contributed by atoms with Crippen molar-refractivity contribution < 1.29 is 9.59 Å². The van der Waals surface area contributed by atoms with Crippen LogP contribution in [0.4, 0.5) is 0 Å². The predicted octanol–water partition coefficient (Wildman–Crippen LogP) is 1.36. The van der Waals surface area contributed by atoms with Crippen molar-refractivity contribution in [3.63, 3.8) is 0 Å². The number of carbonyl (C=O) groups excluding carboxylic acids is 2. The number of rotatable bonds is 1. The van der Waals surface area contributed by atoms with E-state index in [-0.39, 0.29) is 11.8 Å². The number of Topliss-reactive ketones (excluding diaryl/α,β-unsaturated/α-hetero) is 1. The van der Waals surface area contributed by atoms with Crippen LogP contribution in [0, 0.1) is 5.92 Å².